The number of unbranched alkanes of at least 4 members (excludes halogenated alkanes) is 1. The van der Waals surface area contributed by atoms with Crippen LogP contribution in [-0.4, -0.2) is 37.6 Å². The first-order chi connectivity index (χ1) is 14.4. The number of aromatic nitrogens is 3. The lowest BCUT2D eigenvalue weighted by molar-refractivity contribution is -0.0167. The van der Waals surface area contributed by atoms with Crippen molar-refractivity contribution in [2.75, 3.05) is 6.67 Å². The summed E-state index contributed by atoms with van der Waals surface area (Å²) in [7, 11) is 1.70. The molecule has 4 aliphatic rings. The molecule has 2 aromatic heterocycles. The van der Waals surface area contributed by atoms with Gasteiger partial charge in [-0.1, -0.05) is 0 Å². The van der Waals surface area contributed by atoms with Crippen molar-refractivity contribution in [3.05, 3.63) is 22.1 Å². The van der Waals surface area contributed by atoms with Gasteiger partial charge in [0.2, 0.25) is 0 Å². The number of fused-ring (bicyclic) bond motifs is 1. The molecule has 0 atom stereocenters. The van der Waals surface area contributed by atoms with E-state index < -0.39 is 18.1 Å². The smallest absolute Gasteiger partial charge is 0.267 e. The van der Waals surface area contributed by atoms with Gasteiger partial charge in [0.25, 0.3) is 11.5 Å². The fourth-order valence-electron chi connectivity index (χ4n) is 6.66. The Morgan fingerprint density at radius 3 is 2.47 bits per heavy atom. The molecule has 30 heavy (non-hydrogen) atoms. The first-order valence-electron chi connectivity index (χ1n) is 11.1. The van der Waals surface area contributed by atoms with Crippen LogP contribution in [0.25, 0.3) is 11.0 Å². The first kappa shape index (κ1) is 19.6. The molecule has 4 bridgehead atoms. The van der Waals surface area contributed by atoms with Crippen LogP contribution in [0.3, 0.4) is 0 Å². The molecule has 4 saturated carbocycles. The number of hydrogen-bond donors (Lipinski definition) is 2. The summed E-state index contributed by atoms with van der Waals surface area (Å²) in [6.45, 7) is -0.175. The normalized spacial score (nSPS) is 29.6. The van der Waals surface area contributed by atoms with Crippen LogP contribution < -0.4 is 10.9 Å². The number of alkyl halides is 1. The predicted octanol–water partition coefficient (Wildman–Crippen LogP) is 2.89. The zero-order chi connectivity index (χ0) is 21.0. The molecule has 0 unspecified atom stereocenters. The Hall–Kier alpha value is -2.38. The number of aromatic hydroxyl groups is 1. The van der Waals surface area contributed by atoms with Gasteiger partial charge in [-0.3, -0.25) is 18.7 Å². The highest BCUT2D eigenvalue weighted by molar-refractivity contribution is 6.01. The SMILES string of the molecule is Cn1cc2c(n1)c(O)c(C(=O)NC13CC4CC(CC(C4)C1)C3)c(=O)n2CCCCF. The van der Waals surface area contributed by atoms with E-state index in [9.17, 15) is 19.1 Å². The molecule has 0 spiro atoms. The number of nitrogens with one attached hydrogen (secondary N) is 1. The largest absolute Gasteiger partial charge is 0.505 e. The summed E-state index contributed by atoms with van der Waals surface area (Å²) in [4.78, 5) is 26.6. The van der Waals surface area contributed by atoms with E-state index in [0.29, 0.717) is 36.1 Å². The molecule has 0 saturated heterocycles. The second-order valence-corrected chi connectivity index (χ2v) is 9.77. The summed E-state index contributed by atoms with van der Waals surface area (Å²) in [6.07, 6.45) is 9.09. The highest BCUT2D eigenvalue weighted by Crippen LogP contribution is 2.55. The minimum absolute atomic E-state index is 0.230. The number of amides is 1. The molecule has 4 aliphatic carbocycles. The second-order valence-electron chi connectivity index (χ2n) is 9.77. The molecular formula is C22H29FN4O3. The first-order valence-corrected chi connectivity index (χ1v) is 11.1. The van der Waals surface area contributed by atoms with Crippen molar-refractivity contribution < 1.29 is 14.3 Å². The molecule has 162 valence electrons. The molecule has 7 nitrogen and oxygen atoms in total. The van der Waals surface area contributed by atoms with Crippen molar-refractivity contribution in [2.45, 2.75) is 63.5 Å². The van der Waals surface area contributed by atoms with Crippen LogP contribution >= 0.6 is 0 Å². The van der Waals surface area contributed by atoms with E-state index >= 15 is 0 Å². The Balaban J connectivity index is 1.52. The number of carbonyl (C=O) groups excluding carboxylic acids is 1. The van der Waals surface area contributed by atoms with Gasteiger partial charge in [-0.05, 0) is 69.1 Å². The topological polar surface area (TPSA) is 89.2 Å². The van der Waals surface area contributed by atoms with E-state index in [0.717, 1.165) is 19.3 Å². The average molecular weight is 416 g/mol. The Kier molecular flexibility index (Phi) is 4.63. The van der Waals surface area contributed by atoms with Gasteiger partial charge in [-0.15, -0.1) is 0 Å². The van der Waals surface area contributed by atoms with Crippen LogP contribution in [0.15, 0.2) is 11.0 Å². The van der Waals surface area contributed by atoms with Gasteiger partial charge in [-0.2, -0.15) is 5.10 Å². The number of carbonyl (C=O) groups is 1. The third kappa shape index (κ3) is 3.11. The Morgan fingerprint density at radius 1 is 1.23 bits per heavy atom. The molecule has 4 fully saturated rings. The van der Waals surface area contributed by atoms with E-state index in [1.54, 1.807) is 13.2 Å². The zero-order valence-electron chi connectivity index (χ0n) is 17.4. The Bertz CT molecular complexity index is 1020. The van der Waals surface area contributed by atoms with Crippen LogP contribution in [0, 0.1) is 17.8 Å². The fourth-order valence-corrected chi connectivity index (χ4v) is 6.66. The molecule has 0 aromatic carbocycles. The summed E-state index contributed by atoms with van der Waals surface area (Å²) in [5.41, 5.74) is -0.340. The molecule has 1 amide bonds. The second kappa shape index (κ2) is 7.10. The molecule has 8 heteroatoms. The van der Waals surface area contributed by atoms with Crippen molar-refractivity contribution in [1.82, 2.24) is 19.7 Å². The fraction of sp³-hybridized carbons (Fsp3) is 0.682. The van der Waals surface area contributed by atoms with Gasteiger partial charge >= 0.3 is 0 Å². The summed E-state index contributed by atoms with van der Waals surface area (Å²) < 4.78 is 15.6. The van der Waals surface area contributed by atoms with Crippen molar-refractivity contribution in [2.24, 2.45) is 24.8 Å². The van der Waals surface area contributed by atoms with E-state index in [-0.39, 0.29) is 28.9 Å². The van der Waals surface area contributed by atoms with Crippen molar-refractivity contribution in [1.29, 1.82) is 0 Å². The molecule has 0 aliphatic heterocycles. The maximum atomic E-state index is 13.3. The Morgan fingerprint density at radius 2 is 1.87 bits per heavy atom. The van der Waals surface area contributed by atoms with Crippen LogP contribution in [0.2, 0.25) is 0 Å². The quantitative estimate of drug-likeness (QED) is 0.709. The zero-order valence-corrected chi connectivity index (χ0v) is 17.4. The molecular weight excluding hydrogens is 387 g/mol. The maximum Gasteiger partial charge on any atom is 0.267 e. The highest BCUT2D eigenvalue weighted by atomic mass is 19.1. The summed E-state index contributed by atoms with van der Waals surface area (Å²) in [5.74, 6) is 1.09. The lowest BCUT2D eigenvalue weighted by Gasteiger charge is -2.56. The third-order valence-corrected chi connectivity index (χ3v) is 7.43. The van der Waals surface area contributed by atoms with Crippen LogP contribution in [0.5, 0.6) is 5.75 Å². The molecule has 6 rings (SSSR count). The number of pyridine rings is 1. The third-order valence-electron chi connectivity index (χ3n) is 7.43. The highest BCUT2D eigenvalue weighted by Gasteiger charge is 2.51. The lowest BCUT2D eigenvalue weighted by atomic mass is 9.53. The minimum atomic E-state index is -0.533. The number of halogens is 1. The average Bonchev–Trinajstić information content (AvgIpc) is 3.05. The minimum Gasteiger partial charge on any atom is -0.505 e. The van der Waals surface area contributed by atoms with Crippen molar-refractivity contribution in [3.63, 3.8) is 0 Å². The van der Waals surface area contributed by atoms with Gasteiger partial charge in [-0.25, -0.2) is 0 Å². The number of nitrogens with zero attached hydrogens (tertiary/aromatic N) is 3. The molecule has 2 aromatic rings. The van der Waals surface area contributed by atoms with Gasteiger partial charge in [0.15, 0.2) is 11.3 Å². The number of rotatable bonds is 6. The van der Waals surface area contributed by atoms with Gasteiger partial charge in [0.1, 0.15) is 5.56 Å². The van der Waals surface area contributed by atoms with E-state index in [4.69, 9.17) is 0 Å². The van der Waals surface area contributed by atoms with Crippen LogP contribution in [-0.2, 0) is 13.6 Å². The summed E-state index contributed by atoms with van der Waals surface area (Å²) in [6, 6.07) is 0. The lowest BCUT2D eigenvalue weighted by Crippen LogP contribution is -2.60. The summed E-state index contributed by atoms with van der Waals surface area (Å²) in [5, 5.41) is 18.3. The van der Waals surface area contributed by atoms with Crippen LogP contribution in [0.4, 0.5) is 4.39 Å². The van der Waals surface area contributed by atoms with Gasteiger partial charge < -0.3 is 15.0 Å². The standard InChI is InChI=1S/C22H29FN4O3/c1-26-12-16-18(25-26)19(28)17(21(30)27(16)5-3-2-4-23)20(29)24-22-9-13-6-14(10-22)8-15(7-13)11-22/h12-15,28H,2-11H2,1H3,(H,24,29). The van der Waals surface area contributed by atoms with Crippen LogP contribution in [0.1, 0.15) is 61.7 Å². The molecule has 2 N–H and O–H groups in total. The van der Waals surface area contributed by atoms with E-state index in [2.05, 4.69) is 10.4 Å². The van der Waals surface area contributed by atoms with Gasteiger partial charge in [0.05, 0.1) is 12.2 Å². The monoisotopic (exact) mass is 416 g/mol. The van der Waals surface area contributed by atoms with E-state index in [1.165, 1.54) is 28.5 Å². The number of aryl methyl sites for hydroxylation is 2. The predicted molar refractivity (Wildman–Crippen MR) is 110 cm³/mol. The van der Waals surface area contributed by atoms with Crippen molar-refractivity contribution in [3.8, 4) is 5.75 Å². The van der Waals surface area contributed by atoms with E-state index in [1.807, 2.05) is 0 Å². The molecule has 2 heterocycles. The van der Waals surface area contributed by atoms with Gasteiger partial charge in [0, 0.05) is 25.3 Å². The Labute approximate surface area is 174 Å². The van der Waals surface area contributed by atoms with Crippen molar-refractivity contribution >= 4 is 16.9 Å². The maximum absolute atomic E-state index is 13.3. The molecule has 0 radical (unpaired) electrons. The summed E-state index contributed by atoms with van der Waals surface area (Å²) >= 11 is 0. The number of hydrogen-bond acceptors (Lipinski definition) is 4.